The molecule has 0 spiro atoms. The smallest absolute Gasteiger partial charge is 0.286 e. The van der Waals surface area contributed by atoms with E-state index in [1.807, 2.05) is 30.3 Å². The first kappa shape index (κ1) is 17.3. The molecule has 0 atom stereocenters. The van der Waals surface area contributed by atoms with Crippen molar-refractivity contribution in [3.63, 3.8) is 0 Å². The highest BCUT2D eigenvalue weighted by atomic mass is 32.2. The van der Waals surface area contributed by atoms with Crippen molar-refractivity contribution in [2.24, 2.45) is 5.73 Å². The minimum absolute atomic E-state index is 0.103. The van der Waals surface area contributed by atoms with E-state index in [0.29, 0.717) is 11.3 Å². The van der Waals surface area contributed by atoms with Crippen LogP contribution in [0.4, 0.5) is 5.69 Å². The number of nitrogens with two attached hydrogens (primary N) is 1. The molecule has 8 nitrogen and oxygen atoms in total. The maximum absolute atomic E-state index is 11.8. The van der Waals surface area contributed by atoms with Crippen molar-refractivity contribution >= 4 is 35.5 Å². The first-order valence-electron chi connectivity index (χ1n) is 7.52. The van der Waals surface area contributed by atoms with E-state index >= 15 is 0 Å². The molecule has 0 bridgehead atoms. The Labute approximate surface area is 161 Å². The highest BCUT2D eigenvalue weighted by Crippen LogP contribution is 2.62. The third-order valence-electron chi connectivity index (χ3n) is 3.91. The van der Waals surface area contributed by atoms with E-state index < -0.39 is 28.9 Å². The minimum Gasteiger partial charge on any atom is -0.503 e. The lowest BCUT2D eigenvalue weighted by molar-refractivity contribution is 0.0975. The molecule has 0 unspecified atom stereocenters. The predicted octanol–water partition coefficient (Wildman–Crippen LogP) is 3.40. The molecule has 1 aromatic heterocycles. The zero-order valence-electron chi connectivity index (χ0n) is 13.4. The number of primary amides is 1. The summed E-state index contributed by atoms with van der Waals surface area (Å²) in [4.78, 5) is 12.1. The molecule has 0 radical (unpaired) electrons. The van der Waals surface area contributed by atoms with E-state index in [0.717, 1.165) is 29.5 Å². The second kappa shape index (κ2) is 6.25. The van der Waals surface area contributed by atoms with Gasteiger partial charge in [0.25, 0.3) is 5.91 Å². The number of fused-ring (bicyclic) bond motifs is 1. The molecule has 4 rings (SSSR count). The van der Waals surface area contributed by atoms with Crippen molar-refractivity contribution in [1.82, 2.24) is 0 Å². The van der Waals surface area contributed by atoms with Crippen molar-refractivity contribution in [1.29, 1.82) is 0 Å². The van der Waals surface area contributed by atoms with Gasteiger partial charge in [-0.3, -0.25) is 4.79 Å². The largest absolute Gasteiger partial charge is 0.503 e. The number of hydrogen-bond donors (Lipinski definition) is 5. The monoisotopic (exact) mass is 404 g/mol. The van der Waals surface area contributed by atoms with Gasteiger partial charge in [0.2, 0.25) is 17.3 Å². The van der Waals surface area contributed by atoms with Crippen LogP contribution in [0.15, 0.2) is 50.8 Å². The fourth-order valence-electron chi connectivity index (χ4n) is 2.63. The summed E-state index contributed by atoms with van der Waals surface area (Å²) >= 11 is 1.89. The van der Waals surface area contributed by atoms with Crippen molar-refractivity contribution in [2.45, 2.75) is 9.79 Å². The van der Waals surface area contributed by atoms with Gasteiger partial charge in [-0.15, -0.1) is 0 Å². The van der Waals surface area contributed by atoms with Gasteiger partial charge in [-0.2, -0.15) is 0 Å². The Kier molecular flexibility index (Phi) is 4.01. The molecule has 2 heterocycles. The number of aromatic hydroxyl groups is 4. The zero-order chi connectivity index (χ0) is 19.3. The standard InChI is InChI=1S/C17H12N2O6S2/c18-17(24)14-9(8(6-25-14)7-4-2-1-3-5-7)19-26-15-12(22)10(20)11(21)13(23)16(15)27-19/h1-6,20-23H,(H2,18,24). The van der Waals surface area contributed by atoms with Crippen LogP contribution in [0.25, 0.3) is 11.1 Å². The molecule has 27 heavy (non-hydrogen) atoms. The molecular formula is C17H12N2O6S2. The topological polar surface area (TPSA) is 140 Å². The minimum atomic E-state index is -0.827. The van der Waals surface area contributed by atoms with Crippen molar-refractivity contribution in [2.75, 3.05) is 3.71 Å². The lowest BCUT2D eigenvalue weighted by atomic mass is 10.1. The highest BCUT2D eigenvalue weighted by molar-refractivity contribution is 8.20. The Morgan fingerprint density at radius 2 is 1.48 bits per heavy atom. The summed E-state index contributed by atoms with van der Waals surface area (Å²) in [6, 6.07) is 9.13. The van der Waals surface area contributed by atoms with Crippen molar-refractivity contribution < 1.29 is 29.6 Å². The molecule has 1 amide bonds. The van der Waals surface area contributed by atoms with Crippen LogP contribution in [-0.4, -0.2) is 26.3 Å². The number of phenols is 4. The second-order valence-corrected chi connectivity index (χ2v) is 7.69. The summed E-state index contributed by atoms with van der Waals surface area (Å²) < 4.78 is 6.87. The molecule has 3 aromatic rings. The highest BCUT2D eigenvalue weighted by Gasteiger charge is 2.37. The van der Waals surface area contributed by atoms with Gasteiger partial charge in [0.05, 0.1) is 9.79 Å². The summed E-state index contributed by atoms with van der Waals surface area (Å²) in [5.74, 6) is -3.70. The molecule has 0 saturated carbocycles. The molecule has 0 saturated heterocycles. The number of carbonyl (C=O) groups is 1. The molecule has 138 valence electrons. The van der Waals surface area contributed by atoms with Gasteiger partial charge < -0.3 is 30.6 Å². The van der Waals surface area contributed by atoms with E-state index in [4.69, 9.17) is 10.2 Å². The molecule has 2 aromatic carbocycles. The van der Waals surface area contributed by atoms with Gasteiger partial charge in [-0.25, -0.2) is 3.71 Å². The van der Waals surface area contributed by atoms with Crippen LogP contribution >= 0.6 is 23.9 Å². The average Bonchev–Trinajstić information content (AvgIpc) is 3.29. The van der Waals surface area contributed by atoms with Crippen LogP contribution < -0.4 is 9.44 Å². The Morgan fingerprint density at radius 1 is 0.926 bits per heavy atom. The fourth-order valence-corrected chi connectivity index (χ4v) is 5.05. The lowest BCUT2D eigenvalue weighted by Gasteiger charge is -2.15. The molecule has 6 N–H and O–H groups in total. The summed E-state index contributed by atoms with van der Waals surface area (Å²) in [6.07, 6.45) is 1.39. The van der Waals surface area contributed by atoms with Crippen LogP contribution in [0.3, 0.4) is 0 Å². The average molecular weight is 404 g/mol. The lowest BCUT2D eigenvalue weighted by Crippen LogP contribution is -2.13. The number of rotatable bonds is 3. The Hall–Kier alpha value is -3.11. The van der Waals surface area contributed by atoms with Crippen molar-refractivity contribution in [3.05, 3.63) is 42.4 Å². The number of benzene rings is 2. The second-order valence-electron chi connectivity index (χ2n) is 5.55. The molecule has 0 fully saturated rings. The third-order valence-corrected chi connectivity index (χ3v) is 6.35. The number of phenolic OH excluding ortho intramolecular Hbond substituents is 4. The first-order chi connectivity index (χ1) is 12.9. The molecule has 1 aliphatic rings. The SMILES string of the molecule is NC(=O)c1occ(-c2ccccc2)c1N1Sc2c(O)c(O)c(O)c(O)c2S1. The number of hydrogen-bond acceptors (Lipinski definition) is 9. The Bertz CT molecular complexity index is 1030. The first-order valence-corrected chi connectivity index (χ1v) is 9.07. The number of furan rings is 1. The summed E-state index contributed by atoms with van der Waals surface area (Å²) in [5, 5.41) is 39.7. The van der Waals surface area contributed by atoms with E-state index in [1.165, 1.54) is 9.97 Å². The van der Waals surface area contributed by atoms with Crippen LogP contribution in [-0.2, 0) is 0 Å². The molecule has 0 aliphatic carbocycles. The van der Waals surface area contributed by atoms with Crippen LogP contribution in [0.5, 0.6) is 23.0 Å². The Balaban J connectivity index is 1.86. The molecule has 10 heteroatoms. The summed E-state index contributed by atoms with van der Waals surface area (Å²) in [7, 11) is 0. The van der Waals surface area contributed by atoms with Gasteiger partial charge in [-0.1, -0.05) is 30.3 Å². The third kappa shape index (κ3) is 2.61. The normalized spacial score (nSPS) is 13.0. The van der Waals surface area contributed by atoms with Gasteiger partial charge in [-0.05, 0) is 5.56 Å². The zero-order valence-corrected chi connectivity index (χ0v) is 15.0. The van der Waals surface area contributed by atoms with Crippen LogP contribution in [0, 0.1) is 0 Å². The van der Waals surface area contributed by atoms with Gasteiger partial charge in [0.15, 0.2) is 11.5 Å². The number of carbonyl (C=O) groups excluding carboxylic acids is 1. The van der Waals surface area contributed by atoms with Gasteiger partial charge in [0, 0.05) is 29.5 Å². The van der Waals surface area contributed by atoms with E-state index in [-0.39, 0.29) is 15.6 Å². The maximum atomic E-state index is 11.8. The van der Waals surface area contributed by atoms with Crippen LogP contribution in [0.1, 0.15) is 10.6 Å². The Morgan fingerprint density at radius 3 is 2.00 bits per heavy atom. The predicted molar refractivity (Wildman–Crippen MR) is 100.0 cm³/mol. The number of amides is 1. The van der Waals surface area contributed by atoms with Crippen molar-refractivity contribution in [3.8, 4) is 34.1 Å². The summed E-state index contributed by atoms with van der Waals surface area (Å²) in [6.45, 7) is 0. The van der Waals surface area contributed by atoms with E-state index in [2.05, 4.69) is 0 Å². The number of nitrogens with zero attached hydrogens (tertiary/aromatic N) is 1. The molecule has 1 aliphatic heterocycles. The van der Waals surface area contributed by atoms with E-state index in [9.17, 15) is 25.2 Å². The molecular weight excluding hydrogens is 392 g/mol. The van der Waals surface area contributed by atoms with E-state index in [1.54, 1.807) is 0 Å². The summed E-state index contributed by atoms with van der Waals surface area (Å²) in [5.41, 5.74) is 7.10. The van der Waals surface area contributed by atoms with Crippen LogP contribution in [0.2, 0.25) is 0 Å². The number of anilines is 1. The van der Waals surface area contributed by atoms with Gasteiger partial charge in [0.1, 0.15) is 12.0 Å². The quantitative estimate of drug-likeness (QED) is 0.252. The fraction of sp³-hybridized carbons (Fsp3) is 0. The maximum Gasteiger partial charge on any atom is 0.286 e. The van der Waals surface area contributed by atoms with Gasteiger partial charge >= 0.3 is 0 Å².